The van der Waals surface area contributed by atoms with E-state index in [9.17, 15) is 0 Å². The summed E-state index contributed by atoms with van der Waals surface area (Å²) in [6, 6.07) is 0. The first kappa shape index (κ1) is 6.60. The minimum atomic E-state index is 1.23. The summed E-state index contributed by atoms with van der Waals surface area (Å²) in [6.07, 6.45) is 4.82. The SMILES string of the molecule is [Li][CH2]C[CH]CC. The van der Waals surface area contributed by atoms with Crippen LogP contribution in [0.1, 0.15) is 19.8 Å². The Morgan fingerprint density at radius 2 is 2.33 bits per heavy atom. The third-order valence-corrected chi connectivity index (χ3v) is 0.781. The Bertz CT molecular complexity index is 15.9. The van der Waals surface area contributed by atoms with E-state index in [1.54, 1.807) is 0 Å². The van der Waals surface area contributed by atoms with Crippen LogP contribution in [0, 0.1) is 6.42 Å². The molecule has 0 aliphatic carbocycles. The molecule has 0 N–H and O–H groups in total. The molecule has 0 aliphatic heterocycles. The van der Waals surface area contributed by atoms with Gasteiger partial charge in [0.1, 0.15) is 0 Å². The first-order chi connectivity index (χ1) is 2.91. The van der Waals surface area contributed by atoms with Gasteiger partial charge in [-0.1, -0.05) is 0 Å². The summed E-state index contributed by atoms with van der Waals surface area (Å²) in [7, 11) is 0. The molecular weight excluding hydrogens is 67.0 g/mol. The standard InChI is InChI=1S/C5H10.Li/c1-3-5-4-2;/h5H,1,3-4H2,2H3;. The molecule has 0 saturated carbocycles. The van der Waals surface area contributed by atoms with E-state index in [-0.39, 0.29) is 0 Å². The van der Waals surface area contributed by atoms with Crippen LogP contribution in [0.2, 0.25) is 5.09 Å². The molecule has 0 aromatic rings. The predicted octanol–water partition coefficient (Wildman–Crippen LogP) is 1.58. The molecule has 0 fully saturated rings. The van der Waals surface area contributed by atoms with Gasteiger partial charge in [0.05, 0.1) is 0 Å². The number of rotatable bonds is 3. The molecule has 0 nitrogen and oxygen atoms in total. The van der Waals surface area contributed by atoms with Crippen LogP contribution in [0.3, 0.4) is 0 Å². The molecule has 1 radical (unpaired) electrons. The van der Waals surface area contributed by atoms with Gasteiger partial charge in [-0.15, -0.1) is 0 Å². The average molecular weight is 77.1 g/mol. The van der Waals surface area contributed by atoms with Gasteiger partial charge in [0.2, 0.25) is 0 Å². The van der Waals surface area contributed by atoms with E-state index in [0.29, 0.717) is 0 Å². The Morgan fingerprint density at radius 3 is 2.50 bits per heavy atom. The van der Waals surface area contributed by atoms with Gasteiger partial charge in [-0.05, 0) is 0 Å². The topological polar surface area (TPSA) is 0 Å². The molecule has 0 atom stereocenters. The van der Waals surface area contributed by atoms with Crippen LogP contribution in [0.15, 0.2) is 0 Å². The van der Waals surface area contributed by atoms with E-state index in [2.05, 4.69) is 31.1 Å². The van der Waals surface area contributed by atoms with Crippen molar-refractivity contribution < 1.29 is 0 Å². The molecule has 0 rings (SSSR count). The second-order valence-electron chi connectivity index (χ2n) is 1.49. The van der Waals surface area contributed by atoms with Gasteiger partial charge in [-0.25, -0.2) is 0 Å². The molecule has 0 aromatic carbocycles. The maximum atomic E-state index is 2.31. The Labute approximate surface area is 49.5 Å². The average Bonchev–Trinajstić information content (AvgIpc) is 1.61. The Hall–Kier alpha value is 0.597. The summed E-state index contributed by atoms with van der Waals surface area (Å²) in [5.41, 5.74) is 0. The van der Waals surface area contributed by atoms with Crippen molar-refractivity contribution in [2.24, 2.45) is 0 Å². The molecule has 0 unspecified atom stereocenters. The molecule has 6 heavy (non-hydrogen) atoms. The zero-order valence-electron chi connectivity index (χ0n) is 4.70. The summed E-state index contributed by atoms with van der Waals surface area (Å²) in [5, 5.41) is 1.30. The number of hydrogen-bond acceptors (Lipinski definition) is 0. The fourth-order valence-corrected chi connectivity index (χ4v) is 0.408. The Balaban J connectivity index is 2.34. The third-order valence-electron chi connectivity index (χ3n) is 0.781. The molecule has 1 heteroatoms. The zero-order chi connectivity index (χ0) is 4.83. The van der Waals surface area contributed by atoms with Crippen LogP contribution < -0.4 is 0 Å². The van der Waals surface area contributed by atoms with Gasteiger partial charge in [0, 0.05) is 0 Å². The van der Waals surface area contributed by atoms with Crippen molar-refractivity contribution in [3.8, 4) is 0 Å². The molecular formula is C5H10Li. The van der Waals surface area contributed by atoms with E-state index >= 15 is 0 Å². The number of unbranched alkanes of at least 4 members (excludes halogenated alkanes) is 2. The van der Waals surface area contributed by atoms with Crippen molar-refractivity contribution in [3.63, 3.8) is 0 Å². The van der Waals surface area contributed by atoms with Crippen molar-refractivity contribution in [3.05, 3.63) is 6.42 Å². The van der Waals surface area contributed by atoms with Gasteiger partial charge in [-0.2, -0.15) is 0 Å². The van der Waals surface area contributed by atoms with Crippen molar-refractivity contribution in [2.75, 3.05) is 0 Å². The van der Waals surface area contributed by atoms with Crippen LogP contribution >= 0.6 is 0 Å². The first-order valence-corrected chi connectivity index (χ1v) is 2.73. The predicted molar refractivity (Wildman–Crippen MR) is 29.8 cm³/mol. The van der Waals surface area contributed by atoms with Crippen LogP contribution in [-0.2, 0) is 0 Å². The van der Waals surface area contributed by atoms with Crippen molar-refractivity contribution >= 4 is 17.7 Å². The van der Waals surface area contributed by atoms with Gasteiger partial charge < -0.3 is 0 Å². The quantitative estimate of drug-likeness (QED) is 0.354. The fraction of sp³-hybridized carbons (Fsp3) is 0.800. The fourth-order valence-electron chi connectivity index (χ4n) is 0.408. The zero-order valence-corrected chi connectivity index (χ0v) is 4.70. The van der Waals surface area contributed by atoms with Crippen molar-refractivity contribution in [1.82, 2.24) is 0 Å². The second kappa shape index (κ2) is 5.60. The molecule has 31 valence electrons. The van der Waals surface area contributed by atoms with Crippen LogP contribution in [0.5, 0.6) is 0 Å². The van der Waals surface area contributed by atoms with E-state index in [0.717, 1.165) is 0 Å². The van der Waals surface area contributed by atoms with Crippen molar-refractivity contribution in [1.29, 1.82) is 0 Å². The van der Waals surface area contributed by atoms with E-state index < -0.39 is 0 Å². The summed E-state index contributed by atoms with van der Waals surface area (Å²) in [4.78, 5) is 0. The van der Waals surface area contributed by atoms with Crippen LogP contribution in [-0.4, -0.2) is 17.7 Å². The first-order valence-electron chi connectivity index (χ1n) is 2.73. The van der Waals surface area contributed by atoms with Gasteiger partial charge in [-0.3, -0.25) is 0 Å². The van der Waals surface area contributed by atoms with E-state index in [1.165, 1.54) is 17.9 Å². The third kappa shape index (κ3) is 4.60. The molecule has 0 bridgehead atoms. The van der Waals surface area contributed by atoms with E-state index in [1.807, 2.05) is 0 Å². The maximum absolute atomic E-state index is 2.31. The summed E-state index contributed by atoms with van der Waals surface area (Å²) in [6.45, 7) is 2.18. The second-order valence-corrected chi connectivity index (χ2v) is 1.49. The molecule has 0 heterocycles. The summed E-state index contributed by atoms with van der Waals surface area (Å²) < 4.78 is 0. The van der Waals surface area contributed by atoms with Crippen molar-refractivity contribution in [2.45, 2.75) is 24.9 Å². The Morgan fingerprint density at radius 1 is 1.67 bits per heavy atom. The normalized spacial score (nSPS) is 9.17. The molecule has 0 amide bonds. The summed E-state index contributed by atoms with van der Waals surface area (Å²) in [5.74, 6) is 0. The van der Waals surface area contributed by atoms with Crippen LogP contribution in [0.25, 0.3) is 0 Å². The Kier molecular flexibility index (Phi) is 6.15. The van der Waals surface area contributed by atoms with Crippen LogP contribution in [0.4, 0.5) is 0 Å². The van der Waals surface area contributed by atoms with Gasteiger partial charge in [0.25, 0.3) is 0 Å². The van der Waals surface area contributed by atoms with Gasteiger partial charge >= 0.3 is 49.0 Å². The van der Waals surface area contributed by atoms with E-state index in [4.69, 9.17) is 0 Å². The minimum absolute atomic E-state index is 1.23. The monoisotopic (exact) mass is 77.1 g/mol. The molecule has 0 spiro atoms. The molecule has 0 saturated heterocycles. The van der Waals surface area contributed by atoms with Gasteiger partial charge in [0.15, 0.2) is 0 Å². The molecule has 0 aliphatic rings. The molecule has 0 aromatic heterocycles. The number of hydrogen-bond donors (Lipinski definition) is 0. The summed E-state index contributed by atoms with van der Waals surface area (Å²) >= 11 is 2.20.